The summed E-state index contributed by atoms with van der Waals surface area (Å²) in [6.07, 6.45) is 3.35. The van der Waals surface area contributed by atoms with E-state index < -0.39 is 6.10 Å². The smallest absolute Gasteiger partial charge is 0.276 e. The van der Waals surface area contributed by atoms with Crippen molar-refractivity contribution in [3.63, 3.8) is 0 Å². The fourth-order valence-electron chi connectivity index (χ4n) is 2.88. The van der Waals surface area contributed by atoms with E-state index in [-0.39, 0.29) is 18.1 Å². The second-order valence-corrected chi connectivity index (χ2v) is 5.56. The highest BCUT2D eigenvalue weighted by Gasteiger charge is 2.35. The number of aromatic nitrogens is 1. The number of aliphatic hydroxyl groups is 1. The van der Waals surface area contributed by atoms with Gasteiger partial charge in [0.15, 0.2) is 5.69 Å². The summed E-state index contributed by atoms with van der Waals surface area (Å²) in [4.78, 5) is 14.0. The Balaban J connectivity index is 2.12. The summed E-state index contributed by atoms with van der Waals surface area (Å²) in [7, 11) is 3.30. The largest absolute Gasteiger partial charge is 0.388 e. The van der Waals surface area contributed by atoms with E-state index in [1.54, 1.807) is 25.1 Å². The Hall–Kier alpha value is -1.40. The summed E-state index contributed by atoms with van der Waals surface area (Å²) < 4.78 is 10.4. The van der Waals surface area contributed by atoms with Crippen LogP contribution < -0.4 is 0 Å². The minimum absolute atomic E-state index is 0.223. The van der Waals surface area contributed by atoms with Crippen molar-refractivity contribution in [2.75, 3.05) is 14.2 Å². The van der Waals surface area contributed by atoms with Crippen LogP contribution in [0.1, 0.15) is 48.9 Å². The van der Waals surface area contributed by atoms with Crippen molar-refractivity contribution in [3.05, 3.63) is 17.5 Å². The summed E-state index contributed by atoms with van der Waals surface area (Å²) in [5.41, 5.74) is 0.291. The van der Waals surface area contributed by atoms with Gasteiger partial charge in [-0.05, 0) is 12.8 Å². The number of hydrogen-bond acceptors (Lipinski definition) is 5. The van der Waals surface area contributed by atoms with Crippen LogP contribution in [0.3, 0.4) is 0 Å². The predicted molar refractivity (Wildman–Crippen MR) is 77.0 cm³/mol. The summed E-state index contributed by atoms with van der Waals surface area (Å²) in [6, 6.07) is 1.40. The molecule has 6 nitrogen and oxygen atoms in total. The van der Waals surface area contributed by atoms with Crippen molar-refractivity contribution in [1.29, 1.82) is 0 Å². The van der Waals surface area contributed by atoms with E-state index >= 15 is 0 Å². The van der Waals surface area contributed by atoms with Gasteiger partial charge in [-0.25, -0.2) is 0 Å². The van der Waals surface area contributed by atoms with E-state index in [9.17, 15) is 9.90 Å². The first-order chi connectivity index (χ1) is 10.1. The number of carbonyl (C=O) groups is 1. The molecule has 2 rings (SSSR count). The molecule has 0 aromatic carbocycles. The van der Waals surface area contributed by atoms with Crippen molar-refractivity contribution in [3.8, 4) is 0 Å². The van der Waals surface area contributed by atoms with Gasteiger partial charge in [-0.1, -0.05) is 24.9 Å². The van der Waals surface area contributed by atoms with E-state index in [0.29, 0.717) is 17.9 Å². The molecule has 1 aliphatic rings. The van der Waals surface area contributed by atoms with E-state index in [1.165, 1.54) is 0 Å². The number of carbonyl (C=O) groups excluding carboxylic acids is 1. The lowest BCUT2D eigenvalue weighted by atomic mass is 10.0. The first-order valence-electron chi connectivity index (χ1n) is 7.52. The average molecular weight is 296 g/mol. The molecule has 1 saturated carbocycles. The molecule has 1 aromatic rings. The lowest BCUT2D eigenvalue weighted by Crippen LogP contribution is -2.49. The van der Waals surface area contributed by atoms with E-state index in [4.69, 9.17) is 9.26 Å². The lowest BCUT2D eigenvalue weighted by Gasteiger charge is -2.33. The van der Waals surface area contributed by atoms with E-state index in [2.05, 4.69) is 5.16 Å². The number of likely N-dealkylation sites (N-methyl/N-ethyl adjacent to an activating group) is 1. The fourth-order valence-corrected chi connectivity index (χ4v) is 2.88. The Kier molecular flexibility index (Phi) is 5.36. The maximum atomic E-state index is 12.5. The summed E-state index contributed by atoms with van der Waals surface area (Å²) in [5.74, 6) is 0.460. The SMILES string of the molecule is CCc1cc(C(=O)N(C)[C@@H]2CCCC[C@@H](OC)[C@@H]2O)no1. The Morgan fingerprint density at radius 2 is 2.24 bits per heavy atom. The van der Waals surface area contributed by atoms with Crippen molar-refractivity contribution < 1.29 is 19.2 Å². The van der Waals surface area contributed by atoms with Gasteiger partial charge in [0, 0.05) is 26.6 Å². The second kappa shape index (κ2) is 7.04. The van der Waals surface area contributed by atoms with Crippen LogP contribution in [0.2, 0.25) is 0 Å². The molecule has 3 atom stereocenters. The molecule has 1 aromatic heterocycles. The number of aliphatic hydroxyl groups excluding tert-OH is 1. The number of hydrogen-bond donors (Lipinski definition) is 1. The van der Waals surface area contributed by atoms with Gasteiger partial charge in [-0.15, -0.1) is 0 Å². The zero-order valence-corrected chi connectivity index (χ0v) is 12.9. The van der Waals surface area contributed by atoms with Crippen LogP contribution in [0.4, 0.5) is 0 Å². The Bertz CT molecular complexity index is 474. The van der Waals surface area contributed by atoms with Crippen molar-refractivity contribution >= 4 is 5.91 Å². The molecule has 0 unspecified atom stereocenters. The average Bonchev–Trinajstić information content (AvgIpc) is 2.90. The monoisotopic (exact) mass is 296 g/mol. The topological polar surface area (TPSA) is 75.8 Å². The van der Waals surface area contributed by atoms with Crippen LogP contribution >= 0.6 is 0 Å². The maximum absolute atomic E-state index is 12.5. The van der Waals surface area contributed by atoms with Crippen LogP contribution in [-0.2, 0) is 11.2 Å². The van der Waals surface area contributed by atoms with Crippen molar-refractivity contribution in [2.45, 2.75) is 57.3 Å². The van der Waals surface area contributed by atoms with Crippen molar-refractivity contribution in [2.24, 2.45) is 0 Å². The molecule has 0 bridgehead atoms. The molecular weight excluding hydrogens is 272 g/mol. The minimum Gasteiger partial charge on any atom is -0.388 e. The molecule has 1 N–H and O–H groups in total. The molecule has 0 saturated heterocycles. The van der Waals surface area contributed by atoms with E-state index in [1.807, 2.05) is 6.92 Å². The third-order valence-electron chi connectivity index (χ3n) is 4.26. The molecule has 0 radical (unpaired) electrons. The summed E-state index contributed by atoms with van der Waals surface area (Å²) >= 11 is 0. The van der Waals surface area contributed by atoms with Gasteiger partial charge in [0.2, 0.25) is 0 Å². The molecular formula is C15H24N2O4. The minimum atomic E-state index is -0.677. The summed E-state index contributed by atoms with van der Waals surface area (Å²) in [6.45, 7) is 1.94. The molecule has 1 amide bonds. The molecule has 0 aliphatic heterocycles. The predicted octanol–water partition coefficient (Wildman–Crippen LogP) is 1.63. The molecule has 118 valence electrons. The highest BCUT2D eigenvalue weighted by Crippen LogP contribution is 2.25. The van der Waals surface area contributed by atoms with Gasteiger partial charge < -0.3 is 19.3 Å². The molecule has 6 heteroatoms. The molecule has 1 fully saturated rings. The number of rotatable bonds is 4. The number of ether oxygens (including phenoxy) is 1. The normalized spacial score (nSPS) is 26.4. The zero-order valence-electron chi connectivity index (χ0n) is 12.9. The first-order valence-corrected chi connectivity index (χ1v) is 7.52. The Labute approximate surface area is 125 Å². The first kappa shape index (κ1) is 16.0. The highest BCUT2D eigenvalue weighted by atomic mass is 16.5. The number of nitrogens with zero attached hydrogens (tertiary/aromatic N) is 2. The van der Waals surface area contributed by atoms with Gasteiger partial charge in [-0.2, -0.15) is 0 Å². The van der Waals surface area contributed by atoms with Gasteiger partial charge in [-0.3, -0.25) is 4.79 Å². The molecule has 1 aliphatic carbocycles. The van der Waals surface area contributed by atoms with Crippen LogP contribution in [0.25, 0.3) is 0 Å². The highest BCUT2D eigenvalue weighted by molar-refractivity contribution is 5.92. The third kappa shape index (κ3) is 3.44. The molecule has 1 heterocycles. The Morgan fingerprint density at radius 1 is 1.52 bits per heavy atom. The maximum Gasteiger partial charge on any atom is 0.276 e. The van der Waals surface area contributed by atoms with Crippen LogP contribution in [0, 0.1) is 0 Å². The van der Waals surface area contributed by atoms with Gasteiger partial charge in [0.05, 0.1) is 12.1 Å². The van der Waals surface area contributed by atoms with E-state index in [0.717, 1.165) is 25.7 Å². The number of amides is 1. The molecule has 0 spiro atoms. The van der Waals surface area contributed by atoms with Gasteiger partial charge in [0.25, 0.3) is 5.91 Å². The third-order valence-corrected chi connectivity index (χ3v) is 4.26. The van der Waals surface area contributed by atoms with Crippen LogP contribution in [0.15, 0.2) is 10.6 Å². The fraction of sp³-hybridized carbons (Fsp3) is 0.733. The van der Waals surface area contributed by atoms with Gasteiger partial charge in [0.1, 0.15) is 11.9 Å². The summed E-state index contributed by atoms with van der Waals surface area (Å²) in [5, 5.41) is 14.3. The Morgan fingerprint density at radius 3 is 2.86 bits per heavy atom. The molecule has 21 heavy (non-hydrogen) atoms. The lowest BCUT2D eigenvalue weighted by molar-refractivity contribution is -0.0463. The van der Waals surface area contributed by atoms with Crippen LogP contribution in [-0.4, -0.2) is 53.5 Å². The van der Waals surface area contributed by atoms with Crippen molar-refractivity contribution in [1.82, 2.24) is 10.1 Å². The number of aryl methyl sites for hydroxylation is 1. The second-order valence-electron chi connectivity index (χ2n) is 5.56. The standard InChI is InChI=1S/C15H24N2O4/c1-4-10-9-11(16-21-10)15(19)17(2)12-7-5-6-8-13(20-3)14(12)18/h9,12-14,18H,4-8H2,1-3H3/t12-,13-,14-/m1/s1. The number of methoxy groups -OCH3 is 1. The van der Waals surface area contributed by atoms with Gasteiger partial charge >= 0.3 is 0 Å². The zero-order chi connectivity index (χ0) is 15.4. The van der Waals surface area contributed by atoms with Crippen LogP contribution in [0.5, 0.6) is 0 Å². The quantitative estimate of drug-likeness (QED) is 0.855.